The third-order valence-corrected chi connectivity index (χ3v) is 5.66. The number of amides is 1. The number of nitrogens with two attached hydrogens (primary N) is 1. The highest BCUT2D eigenvalue weighted by Gasteiger charge is 2.65. The summed E-state index contributed by atoms with van der Waals surface area (Å²) in [7, 11) is -1.40. The zero-order chi connectivity index (χ0) is 18.1. The van der Waals surface area contributed by atoms with Crippen molar-refractivity contribution in [3.05, 3.63) is 0 Å². The first-order valence-electron chi connectivity index (χ1n) is 8.54. The topological polar surface area (TPSA) is 136 Å². The van der Waals surface area contributed by atoms with Crippen molar-refractivity contribution in [3.63, 3.8) is 0 Å². The predicted molar refractivity (Wildman–Crippen MR) is 89.0 cm³/mol. The first kappa shape index (κ1) is 19.2. The van der Waals surface area contributed by atoms with Crippen molar-refractivity contribution >= 4 is 19.0 Å². The van der Waals surface area contributed by atoms with Crippen molar-refractivity contribution in [1.29, 1.82) is 0 Å². The molecule has 2 aliphatic heterocycles. The first-order valence-corrected chi connectivity index (χ1v) is 8.54. The Morgan fingerprint density at radius 2 is 2.00 bits per heavy atom. The van der Waals surface area contributed by atoms with Crippen LogP contribution < -0.4 is 11.1 Å². The molecule has 0 aromatic carbocycles. The third-order valence-electron chi connectivity index (χ3n) is 5.66. The van der Waals surface area contributed by atoms with Gasteiger partial charge in [-0.25, -0.2) is 0 Å². The van der Waals surface area contributed by atoms with E-state index in [0.717, 1.165) is 0 Å². The highest BCUT2D eigenvalue weighted by Crippen LogP contribution is 2.50. The number of carboxylic acid groups (broad SMARTS) is 1. The summed E-state index contributed by atoms with van der Waals surface area (Å²) in [5.41, 5.74) is 4.19. The standard InChI is InChI=1S/C15H28BN3O5/c1-10(2)11(17)12(20)19-8-14(4-3-6-16(23)24)5-7-18-15(14,9-19)13(21)22/h10-11,18,23-24H,3-9,17H2,1-2H3,(H,21,22)/t11-,14+,15+/m0/s1. The maximum atomic E-state index is 12.6. The van der Waals surface area contributed by atoms with E-state index in [2.05, 4.69) is 5.32 Å². The normalized spacial score (nSPS) is 30.5. The number of likely N-dealkylation sites (tertiary alicyclic amines) is 1. The van der Waals surface area contributed by atoms with Crippen molar-refractivity contribution < 1.29 is 24.7 Å². The number of nitrogens with zero attached hydrogens (tertiary/aromatic N) is 1. The molecule has 0 aliphatic carbocycles. The molecule has 2 fully saturated rings. The lowest BCUT2D eigenvalue weighted by Crippen LogP contribution is -2.58. The Morgan fingerprint density at radius 3 is 2.54 bits per heavy atom. The molecule has 2 saturated heterocycles. The molecular weight excluding hydrogens is 313 g/mol. The van der Waals surface area contributed by atoms with Gasteiger partial charge in [0.2, 0.25) is 5.91 Å². The van der Waals surface area contributed by atoms with Gasteiger partial charge >= 0.3 is 13.1 Å². The van der Waals surface area contributed by atoms with E-state index in [1.54, 1.807) is 4.90 Å². The summed E-state index contributed by atoms with van der Waals surface area (Å²) >= 11 is 0. The minimum atomic E-state index is -1.40. The Morgan fingerprint density at radius 1 is 1.33 bits per heavy atom. The summed E-state index contributed by atoms with van der Waals surface area (Å²) < 4.78 is 0. The van der Waals surface area contributed by atoms with E-state index in [-0.39, 0.29) is 24.7 Å². The molecule has 3 atom stereocenters. The van der Waals surface area contributed by atoms with E-state index in [1.165, 1.54) is 0 Å². The zero-order valence-electron chi connectivity index (χ0n) is 14.4. The van der Waals surface area contributed by atoms with Gasteiger partial charge in [-0.3, -0.25) is 14.9 Å². The second-order valence-electron chi connectivity index (χ2n) is 7.50. The molecule has 0 saturated carbocycles. The Kier molecular flexibility index (Phi) is 5.59. The van der Waals surface area contributed by atoms with Crippen LogP contribution in [0, 0.1) is 11.3 Å². The van der Waals surface area contributed by atoms with Crippen molar-refractivity contribution in [2.45, 2.75) is 51.0 Å². The molecule has 9 heteroatoms. The SMILES string of the molecule is CC(C)[C@H](N)C(=O)N1C[C@@]2(CCCB(O)O)CCN[C@@]2(C(=O)O)C1. The van der Waals surface area contributed by atoms with Gasteiger partial charge in [0.15, 0.2) is 0 Å². The summed E-state index contributed by atoms with van der Waals surface area (Å²) in [5.74, 6) is -1.20. The number of carboxylic acids is 1. The van der Waals surface area contributed by atoms with E-state index >= 15 is 0 Å². The molecule has 1 amide bonds. The molecule has 0 bridgehead atoms. The summed E-state index contributed by atoms with van der Waals surface area (Å²) in [5, 5.41) is 31.1. The summed E-state index contributed by atoms with van der Waals surface area (Å²) in [4.78, 5) is 26.2. The quantitative estimate of drug-likeness (QED) is 0.370. The Labute approximate surface area is 142 Å². The lowest BCUT2D eigenvalue weighted by atomic mass is 9.68. The Balaban J connectivity index is 2.22. The number of aliphatic carboxylic acids is 1. The van der Waals surface area contributed by atoms with Crippen LogP contribution in [0.3, 0.4) is 0 Å². The van der Waals surface area contributed by atoms with Crippen LogP contribution in [-0.4, -0.2) is 70.3 Å². The number of carbonyl (C=O) groups excluding carboxylic acids is 1. The van der Waals surface area contributed by atoms with E-state index in [0.29, 0.717) is 32.4 Å². The van der Waals surface area contributed by atoms with Crippen molar-refractivity contribution in [3.8, 4) is 0 Å². The van der Waals surface area contributed by atoms with E-state index in [9.17, 15) is 14.7 Å². The lowest BCUT2D eigenvalue weighted by molar-refractivity contribution is -0.147. The van der Waals surface area contributed by atoms with Crippen LogP contribution in [0.1, 0.15) is 33.1 Å². The lowest BCUT2D eigenvalue weighted by Gasteiger charge is -2.35. The van der Waals surface area contributed by atoms with Gasteiger partial charge in [0.05, 0.1) is 12.6 Å². The van der Waals surface area contributed by atoms with Crippen molar-refractivity contribution in [2.24, 2.45) is 17.1 Å². The van der Waals surface area contributed by atoms with Gasteiger partial charge in [0.25, 0.3) is 0 Å². The van der Waals surface area contributed by atoms with Crippen LogP contribution >= 0.6 is 0 Å². The van der Waals surface area contributed by atoms with E-state index < -0.39 is 30.1 Å². The third kappa shape index (κ3) is 3.18. The molecular formula is C15H28BN3O5. The summed E-state index contributed by atoms with van der Waals surface area (Å²) in [6.45, 7) is 4.74. The molecule has 2 heterocycles. The minimum Gasteiger partial charge on any atom is -0.480 e. The predicted octanol–water partition coefficient (Wildman–Crippen LogP) is -1.13. The number of hydrogen-bond donors (Lipinski definition) is 5. The molecule has 2 rings (SSSR count). The van der Waals surface area contributed by atoms with Crippen LogP contribution in [0.5, 0.6) is 0 Å². The fraction of sp³-hybridized carbons (Fsp3) is 0.867. The highest BCUT2D eigenvalue weighted by atomic mass is 16.4. The molecule has 8 nitrogen and oxygen atoms in total. The number of nitrogens with one attached hydrogen (secondary N) is 1. The summed E-state index contributed by atoms with van der Waals surface area (Å²) in [6.07, 6.45) is 1.84. The van der Waals surface area contributed by atoms with Gasteiger partial charge in [-0.2, -0.15) is 0 Å². The van der Waals surface area contributed by atoms with Crippen LogP contribution in [-0.2, 0) is 9.59 Å². The molecule has 0 unspecified atom stereocenters. The highest BCUT2D eigenvalue weighted by molar-refractivity contribution is 6.40. The van der Waals surface area contributed by atoms with Gasteiger partial charge in [-0.1, -0.05) is 20.3 Å². The number of carbonyl (C=O) groups is 2. The van der Waals surface area contributed by atoms with Crippen molar-refractivity contribution in [2.75, 3.05) is 19.6 Å². The van der Waals surface area contributed by atoms with Crippen LogP contribution in [0.4, 0.5) is 0 Å². The molecule has 136 valence electrons. The number of rotatable bonds is 7. The zero-order valence-corrected chi connectivity index (χ0v) is 14.4. The van der Waals surface area contributed by atoms with Crippen LogP contribution in [0.25, 0.3) is 0 Å². The van der Waals surface area contributed by atoms with Gasteiger partial charge in [0.1, 0.15) is 5.54 Å². The number of hydrogen-bond acceptors (Lipinski definition) is 6. The second kappa shape index (κ2) is 6.99. The molecule has 2 aliphatic rings. The first-order chi connectivity index (χ1) is 11.1. The van der Waals surface area contributed by atoms with E-state index in [4.69, 9.17) is 15.8 Å². The largest absolute Gasteiger partial charge is 0.480 e. The molecule has 0 spiro atoms. The van der Waals surface area contributed by atoms with Crippen LogP contribution in [0.2, 0.25) is 6.32 Å². The molecule has 0 radical (unpaired) electrons. The fourth-order valence-corrected chi connectivity index (χ4v) is 4.12. The Bertz CT molecular complexity index is 504. The summed E-state index contributed by atoms with van der Waals surface area (Å²) in [6, 6.07) is -0.647. The molecule has 0 aromatic heterocycles. The Hall–Kier alpha value is -1.16. The van der Waals surface area contributed by atoms with Gasteiger partial charge in [-0.05, 0) is 31.6 Å². The number of fused-ring (bicyclic) bond motifs is 1. The van der Waals surface area contributed by atoms with Crippen molar-refractivity contribution in [1.82, 2.24) is 10.2 Å². The smallest absolute Gasteiger partial charge is 0.451 e. The molecule has 24 heavy (non-hydrogen) atoms. The van der Waals surface area contributed by atoms with E-state index in [1.807, 2.05) is 13.8 Å². The fourth-order valence-electron chi connectivity index (χ4n) is 4.12. The van der Waals surface area contributed by atoms with Gasteiger partial charge in [0, 0.05) is 12.0 Å². The average Bonchev–Trinajstić information content (AvgIpc) is 2.98. The van der Waals surface area contributed by atoms with Gasteiger partial charge < -0.3 is 25.8 Å². The monoisotopic (exact) mass is 341 g/mol. The van der Waals surface area contributed by atoms with Crippen LogP contribution in [0.15, 0.2) is 0 Å². The van der Waals surface area contributed by atoms with Gasteiger partial charge in [-0.15, -0.1) is 0 Å². The minimum absolute atomic E-state index is 0.0211. The molecule has 0 aromatic rings. The second-order valence-corrected chi connectivity index (χ2v) is 7.50. The maximum absolute atomic E-state index is 12.6. The molecule has 6 N–H and O–H groups in total. The average molecular weight is 341 g/mol. The maximum Gasteiger partial charge on any atom is 0.451 e.